The Morgan fingerprint density at radius 2 is 1.92 bits per heavy atom. The average Bonchev–Trinajstić information content (AvgIpc) is 3.22. The third-order valence-electron chi connectivity index (χ3n) is 3.90. The van der Waals surface area contributed by atoms with Gasteiger partial charge >= 0.3 is 0 Å². The molecule has 0 saturated heterocycles. The number of tetrazole rings is 1. The van der Waals surface area contributed by atoms with Crippen molar-refractivity contribution in [3.63, 3.8) is 0 Å². The zero-order chi connectivity index (χ0) is 16.8. The normalized spacial score (nSPS) is 14.3. The SMILES string of the molecule is Fc1ccccc1-c1nnc2ccc(Sc3nnnn3C3CC3)nn12. The maximum Gasteiger partial charge on any atom is 0.215 e. The molecule has 0 atom stereocenters. The van der Waals surface area contributed by atoms with E-state index in [0.29, 0.717) is 33.3 Å². The van der Waals surface area contributed by atoms with E-state index in [2.05, 4.69) is 30.8 Å². The van der Waals surface area contributed by atoms with Crippen LogP contribution in [0.2, 0.25) is 0 Å². The summed E-state index contributed by atoms with van der Waals surface area (Å²) in [6.07, 6.45) is 2.18. The van der Waals surface area contributed by atoms with E-state index in [0.717, 1.165) is 12.8 Å². The van der Waals surface area contributed by atoms with Crippen LogP contribution in [0.25, 0.3) is 17.0 Å². The molecule has 10 heteroatoms. The molecule has 1 aliphatic rings. The molecule has 3 aromatic heterocycles. The molecule has 0 N–H and O–H groups in total. The summed E-state index contributed by atoms with van der Waals surface area (Å²) in [5, 5.41) is 25.9. The Balaban J connectivity index is 1.56. The summed E-state index contributed by atoms with van der Waals surface area (Å²) in [7, 11) is 0. The fourth-order valence-corrected chi connectivity index (χ4v) is 3.33. The average molecular weight is 354 g/mol. The Hall–Kier alpha value is -2.88. The van der Waals surface area contributed by atoms with Crippen LogP contribution in [-0.4, -0.2) is 40.0 Å². The van der Waals surface area contributed by atoms with Gasteiger partial charge in [-0.25, -0.2) is 9.07 Å². The van der Waals surface area contributed by atoms with E-state index in [4.69, 9.17) is 0 Å². The minimum atomic E-state index is -0.366. The molecule has 0 radical (unpaired) electrons. The summed E-state index contributed by atoms with van der Waals surface area (Å²) < 4.78 is 17.4. The maximum absolute atomic E-state index is 14.1. The lowest BCUT2D eigenvalue weighted by atomic mass is 10.2. The van der Waals surface area contributed by atoms with E-state index in [9.17, 15) is 4.39 Å². The topological polar surface area (TPSA) is 86.7 Å². The van der Waals surface area contributed by atoms with Crippen LogP contribution < -0.4 is 0 Å². The van der Waals surface area contributed by atoms with Crippen LogP contribution in [0, 0.1) is 5.82 Å². The van der Waals surface area contributed by atoms with Crippen molar-refractivity contribution in [3.8, 4) is 11.4 Å². The van der Waals surface area contributed by atoms with Crippen molar-refractivity contribution in [3.05, 3.63) is 42.2 Å². The third-order valence-corrected chi connectivity index (χ3v) is 4.78. The Bertz CT molecular complexity index is 1070. The van der Waals surface area contributed by atoms with Gasteiger partial charge in [-0.3, -0.25) is 0 Å². The van der Waals surface area contributed by atoms with Crippen LogP contribution in [0.3, 0.4) is 0 Å². The van der Waals surface area contributed by atoms with Gasteiger partial charge in [0.15, 0.2) is 11.5 Å². The van der Waals surface area contributed by atoms with E-state index >= 15 is 0 Å². The van der Waals surface area contributed by atoms with Crippen LogP contribution in [0.15, 0.2) is 46.6 Å². The smallest absolute Gasteiger partial charge is 0.215 e. The summed E-state index contributed by atoms with van der Waals surface area (Å²) in [5.74, 6) is -0.00772. The molecule has 1 saturated carbocycles. The molecule has 1 aromatic carbocycles. The number of fused-ring (bicyclic) bond motifs is 1. The van der Waals surface area contributed by atoms with Gasteiger partial charge in [0.1, 0.15) is 10.8 Å². The zero-order valence-corrected chi connectivity index (χ0v) is 13.6. The molecular formula is C15H11FN8S. The van der Waals surface area contributed by atoms with E-state index in [-0.39, 0.29) is 5.82 Å². The molecule has 8 nitrogen and oxygen atoms in total. The van der Waals surface area contributed by atoms with Crippen molar-refractivity contribution >= 4 is 17.4 Å². The lowest BCUT2D eigenvalue weighted by molar-refractivity contribution is 0.565. The van der Waals surface area contributed by atoms with Crippen molar-refractivity contribution in [1.29, 1.82) is 0 Å². The first-order chi connectivity index (χ1) is 12.3. The molecule has 4 aromatic rings. The second kappa shape index (κ2) is 5.59. The number of hydrogen-bond donors (Lipinski definition) is 0. The van der Waals surface area contributed by atoms with E-state index in [1.165, 1.54) is 22.3 Å². The monoisotopic (exact) mass is 354 g/mol. The fourth-order valence-electron chi connectivity index (χ4n) is 2.53. The molecule has 0 spiro atoms. The minimum Gasteiger partial charge on any atom is -0.217 e. The zero-order valence-electron chi connectivity index (χ0n) is 12.8. The largest absolute Gasteiger partial charge is 0.217 e. The lowest BCUT2D eigenvalue weighted by Crippen LogP contribution is -2.01. The van der Waals surface area contributed by atoms with Gasteiger partial charge in [0.05, 0.1) is 11.6 Å². The van der Waals surface area contributed by atoms with E-state index in [1.807, 2.05) is 10.7 Å². The van der Waals surface area contributed by atoms with Crippen LogP contribution in [0.4, 0.5) is 4.39 Å². The second-order valence-corrected chi connectivity index (χ2v) is 6.67. The number of halogens is 1. The molecule has 25 heavy (non-hydrogen) atoms. The van der Waals surface area contributed by atoms with Gasteiger partial charge in [-0.1, -0.05) is 12.1 Å². The van der Waals surface area contributed by atoms with Gasteiger partial charge in [0.2, 0.25) is 5.16 Å². The van der Waals surface area contributed by atoms with Crippen molar-refractivity contribution in [2.45, 2.75) is 29.1 Å². The summed E-state index contributed by atoms with van der Waals surface area (Å²) >= 11 is 1.36. The highest BCUT2D eigenvalue weighted by Crippen LogP contribution is 2.37. The Morgan fingerprint density at radius 1 is 1.04 bits per heavy atom. The maximum atomic E-state index is 14.1. The lowest BCUT2D eigenvalue weighted by Gasteiger charge is -2.04. The molecule has 1 fully saturated rings. The number of rotatable bonds is 4. The summed E-state index contributed by atoms with van der Waals surface area (Å²) in [6, 6.07) is 10.4. The van der Waals surface area contributed by atoms with Crippen molar-refractivity contribution in [2.24, 2.45) is 0 Å². The molecule has 1 aliphatic carbocycles. The van der Waals surface area contributed by atoms with Gasteiger partial charge in [-0.05, 0) is 59.3 Å². The van der Waals surface area contributed by atoms with Gasteiger partial charge in [-0.15, -0.1) is 15.3 Å². The fraction of sp³-hybridized carbons (Fsp3) is 0.200. The molecule has 124 valence electrons. The Kier molecular flexibility index (Phi) is 3.23. The van der Waals surface area contributed by atoms with Gasteiger partial charge in [0.25, 0.3) is 0 Å². The quantitative estimate of drug-likeness (QED) is 0.556. The molecule has 5 rings (SSSR count). The van der Waals surface area contributed by atoms with Crippen LogP contribution >= 0.6 is 11.8 Å². The Morgan fingerprint density at radius 3 is 2.76 bits per heavy atom. The predicted octanol–water partition coefficient (Wildman–Crippen LogP) is 2.40. The highest BCUT2D eigenvalue weighted by molar-refractivity contribution is 7.99. The predicted molar refractivity (Wildman–Crippen MR) is 86.4 cm³/mol. The van der Waals surface area contributed by atoms with Crippen molar-refractivity contribution in [2.75, 3.05) is 0 Å². The first-order valence-electron chi connectivity index (χ1n) is 7.73. The van der Waals surface area contributed by atoms with Gasteiger partial charge in [-0.2, -0.15) is 9.61 Å². The molecular weight excluding hydrogens is 343 g/mol. The Labute approximate surface area is 145 Å². The first kappa shape index (κ1) is 14.5. The van der Waals surface area contributed by atoms with E-state index in [1.54, 1.807) is 24.3 Å². The van der Waals surface area contributed by atoms with Crippen molar-refractivity contribution in [1.82, 2.24) is 40.0 Å². The first-order valence-corrected chi connectivity index (χ1v) is 8.54. The third kappa shape index (κ3) is 2.54. The summed E-state index contributed by atoms with van der Waals surface area (Å²) in [6.45, 7) is 0. The van der Waals surface area contributed by atoms with Gasteiger partial charge in [0, 0.05) is 0 Å². The summed E-state index contributed by atoms with van der Waals surface area (Å²) in [5.41, 5.74) is 0.900. The van der Waals surface area contributed by atoms with Crippen molar-refractivity contribution < 1.29 is 4.39 Å². The molecule has 0 unspecified atom stereocenters. The van der Waals surface area contributed by atoms with Crippen LogP contribution in [0.1, 0.15) is 18.9 Å². The highest BCUT2D eigenvalue weighted by atomic mass is 32.2. The number of nitrogens with zero attached hydrogens (tertiary/aromatic N) is 8. The molecule has 0 bridgehead atoms. The summed E-state index contributed by atoms with van der Waals surface area (Å²) in [4.78, 5) is 0. The second-order valence-electron chi connectivity index (χ2n) is 5.68. The van der Waals surface area contributed by atoms with Crippen LogP contribution in [-0.2, 0) is 0 Å². The van der Waals surface area contributed by atoms with Crippen LogP contribution in [0.5, 0.6) is 0 Å². The van der Waals surface area contributed by atoms with Gasteiger partial charge < -0.3 is 0 Å². The van der Waals surface area contributed by atoms with E-state index < -0.39 is 0 Å². The molecule has 0 amide bonds. The number of benzene rings is 1. The minimum absolute atomic E-state index is 0.354. The molecule has 0 aliphatic heterocycles. The standard InChI is InChI=1S/C15H11FN8S/c16-11-4-2-1-3-10(11)14-18-17-12-7-8-13(20-24(12)14)25-15-19-21-22-23(15)9-5-6-9/h1-4,7-9H,5-6H2. The highest BCUT2D eigenvalue weighted by Gasteiger charge is 2.28. The number of hydrogen-bond acceptors (Lipinski definition) is 7. The number of aromatic nitrogens is 8. The molecule has 3 heterocycles.